The van der Waals surface area contributed by atoms with Crippen molar-refractivity contribution in [3.8, 4) is 0 Å². The molecule has 1 aromatic heterocycles. The fraction of sp³-hybridized carbons (Fsp3) is 0.211. The van der Waals surface area contributed by atoms with E-state index in [9.17, 15) is 4.79 Å². The highest BCUT2D eigenvalue weighted by Gasteiger charge is 2.41. The number of fused-ring (bicyclic) bond motifs is 3. The Hall–Kier alpha value is -2.26. The van der Waals surface area contributed by atoms with Crippen LogP contribution in [-0.4, -0.2) is 18.1 Å². The lowest BCUT2D eigenvalue weighted by Crippen LogP contribution is -2.22. The minimum Gasteiger partial charge on any atom is -0.469 e. The predicted octanol–water partition coefficient (Wildman–Crippen LogP) is 4.30. The van der Waals surface area contributed by atoms with Gasteiger partial charge >= 0.3 is 5.97 Å². The van der Waals surface area contributed by atoms with Gasteiger partial charge in [-0.3, -0.25) is 4.79 Å². The van der Waals surface area contributed by atoms with Gasteiger partial charge in [0.2, 0.25) is 0 Å². The van der Waals surface area contributed by atoms with Crippen LogP contribution < -0.4 is 0 Å². The lowest BCUT2D eigenvalue weighted by atomic mass is 9.88. The van der Waals surface area contributed by atoms with E-state index in [1.54, 1.807) is 0 Å². The van der Waals surface area contributed by atoms with E-state index in [2.05, 4.69) is 17.1 Å². The first-order chi connectivity index (χ1) is 11.2. The summed E-state index contributed by atoms with van der Waals surface area (Å²) in [5, 5.41) is 1.86. The van der Waals surface area contributed by atoms with E-state index < -0.39 is 0 Å². The minimum absolute atomic E-state index is 0.0523. The zero-order chi connectivity index (χ0) is 16.0. The standard InChI is InChI=1S/C19H16ClNO2/c1-23-19(22)15-10-14-13-7-2-3-8-16(13)21-18(14)17(15)11-5-4-6-12(20)9-11/h2-9,15,17,21H,10H2,1H3. The van der Waals surface area contributed by atoms with E-state index in [4.69, 9.17) is 16.3 Å². The van der Waals surface area contributed by atoms with E-state index in [1.165, 1.54) is 18.1 Å². The van der Waals surface area contributed by atoms with Gasteiger partial charge in [-0.25, -0.2) is 0 Å². The first-order valence-corrected chi connectivity index (χ1v) is 7.99. The van der Waals surface area contributed by atoms with Crippen LogP contribution in [0.2, 0.25) is 5.02 Å². The molecule has 23 heavy (non-hydrogen) atoms. The number of para-hydroxylation sites is 1. The number of ether oxygens (including phenoxy) is 1. The van der Waals surface area contributed by atoms with E-state index >= 15 is 0 Å². The van der Waals surface area contributed by atoms with E-state index in [0.717, 1.165) is 16.8 Å². The van der Waals surface area contributed by atoms with Gasteiger partial charge in [0.05, 0.1) is 13.0 Å². The van der Waals surface area contributed by atoms with Crippen LogP contribution in [0.4, 0.5) is 0 Å². The SMILES string of the molecule is COC(=O)C1Cc2c([nH]c3ccccc23)C1c1cccc(Cl)c1. The smallest absolute Gasteiger partial charge is 0.310 e. The van der Waals surface area contributed by atoms with Crippen molar-refractivity contribution in [3.05, 3.63) is 70.4 Å². The molecule has 116 valence electrons. The molecule has 2 atom stereocenters. The third kappa shape index (κ3) is 2.23. The topological polar surface area (TPSA) is 42.1 Å². The normalized spacial score (nSPS) is 19.7. The van der Waals surface area contributed by atoms with Crippen molar-refractivity contribution in [2.75, 3.05) is 7.11 Å². The zero-order valence-corrected chi connectivity index (χ0v) is 13.4. The molecule has 0 spiro atoms. The molecule has 0 fully saturated rings. The second-order valence-corrected chi connectivity index (χ2v) is 6.37. The van der Waals surface area contributed by atoms with Crippen LogP contribution in [0, 0.1) is 5.92 Å². The number of H-pyrrole nitrogens is 1. The number of halogens is 1. The molecule has 3 nitrogen and oxygen atoms in total. The largest absolute Gasteiger partial charge is 0.469 e. The number of hydrogen-bond donors (Lipinski definition) is 1. The Morgan fingerprint density at radius 2 is 2.04 bits per heavy atom. The summed E-state index contributed by atoms with van der Waals surface area (Å²) >= 11 is 6.16. The predicted molar refractivity (Wildman–Crippen MR) is 90.8 cm³/mol. The molecule has 0 saturated heterocycles. The average molecular weight is 326 g/mol. The third-order valence-corrected chi connectivity index (χ3v) is 4.93. The first-order valence-electron chi connectivity index (χ1n) is 7.62. The third-order valence-electron chi connectivity index (χ3n) is 4.70. The molecule has 1 N–H and O–H groups in total. The number of hydrogen-bond acceptors (Lipinski definition) is 2. The van der Waals surface area contributed by atoms with Crippen molar-refractivity contribution in [1.29, 1.82) is 0 Å². The fourth-order valence-corrected chi connectivity index (χ4v) is 3.91. The van der Waals surface area contributed by atoms with Crippen LogP contribution in [-0.2, 0) is 16.0 Å². The molecular weight excluding hydrogens is 310 g/mol. The van der Waals surface area contributed by atoms with Crippen molar-refractivity contribution in [3.63, 3.8) is 0 Å². The molecule has 1 aliphatic carbocycles. The summed E-state index contributed by atoms with van der Waals surface area (Å²) in [6.07, 6.45) is 0.684. The highest BCUT2D eigenvalue weighted by atomic mass is 35.5. The number of benzene rings is 2. The summed E-state index contributed by atoms with van der Waals surface area (Å²) in [6, 6.07) is 15.9. The maximum Gasteiger partial charge on any atom is 0.310 e. The van der Waals surface area contributed by atoms with E-state index in [0.29, 0.717) is 11.4 Å². The van der Waals surface area contributed by atoms with Crippen molar-refractivity contribution in [1.82, 2.24) is 4.98 Å². The van der Waals surface area contributed by atoms with Crippen LogP contribution in [0.3, 0.4) is 0 Å². The Morgan fingerprint density at radius 3 is 2.83 bits per heavy atom. The first kappa shape index (κ1) is 14.3. The number of aromatic amines is 1. The second kappa shape index (κ2) is 5.43. The van der Waals surface area contributed by atoms with Gasteiger partial charge in [0.25, 0.3) is 0 Å². The Labute approximate surface area is 139 Å². The average Bonchev–Trinajstić information content (AvgIpc) is 3.10. The molecular formula is C19H16ClNO2. The van der Waals surface area contributed by atoms with Gasteiger partial charge in [0.1, 0.15) is 0 Å². The van der Waals surface area contributed by atoms with Crippen LogP contribution in [0.25, 0.3) is 10.9 Å². The number of rotatable bonds is 2. The van der Waals surface area contributed by atoms with Gasteiger partial charge in [-0.05, 0) is 35.7 Å². The van der Waals surface area contributed by atoms with Gasteiger partial charge in [0.15, 0.2) is 0 Å². The molecule has 1 aliphatic rings. The molecule has 4 rings (SSSR count). The van der Waals surface area contributed by atoms with Crippen molar-refractivity contribution < 1.29 is 9.53 Å². The van der Waals surface area contributed by atoms with Gasteiger partial charge in [0, 0.05) is 27.5 Å². The quantitative estimate of drug-likeness (QED) is 0.714. The van der Waals surface area contributed by atoms with Gasteiger partial charge in [-0.1, -0.05) is 41.9 Å². The van der Waals surface area contributed by atoms with Crippen molar-refractivity contribution in [2.24, 2.45) is 5.92 Å². The molecule has 0 amide bonds. The monoisotopic (exact) mass is 325 g/mol. The lowest BCUT2D eigenvalue weighted by Gasteiger charge is -2.19. The molecule has 0 aliphatic heterocycles. The second-order valence-electron chi connectivity index (χ2n) is 5.93. The maximum atomic E-state index is 12.3. The zero-order valence-electron chi connectivity index (χ0n) is 12.7. The summed E-state index contributed by atoms with van der Waals surface area (Å²) in [5.74, 6) is -0.448. The molecule has 0 saturated carbocycles. The summed E-state index contributed by atoms with van der Waals surface area (Å²) in [5.41, 5.74) is 4.45. The number of nitrogens with one attached hydrogen (secondary N) is 1. The van der Waals surface area contributed by atoms with E-state index in [-0.39, 0.29) is 17.8 Å². The molecule has 1 heterocycles. The number of carbonyl (C=O) groups excluding carboxylic acids is 1. The van der Waals surface area contributed by atoms with Gasteiger partial charge in [-0.2, -0.15) is 0 Å². The van der Waals surface area contributed by atoms with Crippen LogP contribution >= 0.6 is 11.6 Å². The Bertz CT molecular complexity index is 899. The lowest BCUT2D eigenvalue weighted by molar-refractivity contribution is -0.145. The Morgan fingerprint density at radius 1 is 1.22 bits per heavy atom. The van der Waals surface area contributed by atoms with Gasteiger partial charge in [-0.15, -0.1) is 0 Å². The number of esters is 1. The number of carbonyl (C=O) groups is 1. The highest BCUT2D eigenvalue weighted by Crippen LogP contribution is 2.45. The molecule has 3 aromatic rings. The summed E-state index contributed by atoms with van der Waals surface area (Å²) in [7, 11) is 1.45. The summed E-state index contributed by atoms with van der Waals surface area (Å²) in [4.78, 5) is 15.8. The van der Waals surface area contributed by atoms with Crippen LogP contribution in [0.15, 0.2) is 48.5 Å². The number of methoxy groups -OCH3 is 1. The highest BCUT2D eigenvalue weighted by molar-refractivity contribution is 6.30. The Kier molecular flexibility index (Phi) is 3.38. The summed E-state index contributed by atoms with van der Waals surface area (Å²) < 4.78 is 5.04. The Balaban J connectivity index is 1.91. The molecule has 4 heteroatoms. The molecule has 2 unspecified atom stereocenters. The van der Waals surface area contributed by atoms with Crippen molar-refractivity contribution >= 4 is 28.5 Å². The van der Waals surface area contributed by atoms with E-state index in [1.807, 2.05) is 36.4 Å². The molecule has 2 aromatic carbocycles. The minimum atomic E-state index is -0.218. The van der Waals surface area contributed by atoms with Crippen molar-refractivity contribution in [2.45, 2.75) is 12.3 Å². The maximum absolute atomic E-state index is 12.3. The summed E-state index contributed by atoms with van der Waals surface area (Å²) in [6.45, 7) is 0. The fourth-order valence-electron chi connectivity index (χ4n) is 3.72. The molecule has 0 radical (unpaired) electrons. The van der Waals surface area contributed by atoms with Crippen LogP contribution in [0.5, 0.6) is 0 Å². The molecule has 0 bridgehead atoms. The van der Waals surface area contributed by atoms with Gasteiger partial charge < -0.3 is 9.72 Å². The number of aromatic nitrogens is 1. The van der Waals surface area contributed by atoms with Crippen LogP contribution in [0.1, 0.15) is 22.7 Å².